The average molecular weight is 466 g/mol. The standard InChI is InChI=1S/C26H31N3O3S/c1-29(2,3)12-6-7-18-10-11-22-21(13-18)28-23(33-22)17-27-25(32)26(16-24(30)31)14-19-8-4-5-9-20(19)15-26/h4-5,8-11,13H,6-7,12,14-17H2,1-3H3,(H-,27,30,31,32). The van der Waals surface area contributed by atoms with Gasteiger partial charge in [0, 0.05) is 18.8 Å². The summed E-state index contributed by atoms with van der Waals surface area (Å²) in [6, 6.07) is 14.2. The minimum atomic E-state index is -1.20. The number of hydrogen-bond donors (Lipinski definition) is 1. The van der Waals surface area contributed by atoms with Gasteiger partial charge in [-0.05, 0) is 48.1 Å². The van der Waals surface area contributed by atoms with Gasteiger partial charge in [0.15, 0.2) is 0 Å². The predicted octanol–water partition coefficient (Wildman–Crippen LogP) is 2.48. The maximum Gasteiger partial charge on any atom is 0.227 e. The van der Waals surface area contributed by atoms with Crippen molar-refractivity contribution in [3.63, 3.8) is 0 Å². The second-order valence-electron chi connectivity index (χ2n) is 10.2. The molecule has 4 rings (SSSR count). The lowest BCUT2D eigenvalue weighted by atomic mass is 9.80. The summed E-state index contributed by atoms with van der Waals surface area (Å²) >= 11 is 1.56. The van der Waals surface area contributed by atoms with Crippen molar-refractivity contribution in [2.45, 2.75) is 38.6 Å². The first kappa shape index (κ1) is 23.4. The molecule has 2 aromatic carbocycles. The molecule has 0 aliphatic heterocycles. The number of rotatable bonds is 9. The monoisotopic (exact) mass is 465 g/mol. The van der Waals surface area contributed by atoms with Gasteiger partial charge in [0.25, 0.3) is 0 Å². The summed E-state index contributed by atoms with van der Waals surface area (Å²) in [5.41, 5.74) is 3.29. The lowest BCUT2D eigenvalue weighted by molar-refractivity contribution is -0.870. The lowest BCUT2D eigenvalue weighted by Crippen LogP contribution is -2.45. The zero-order valence-corrected chi connectivity index (χ0v) is 20.3. The van der Waals surface area contributed by atoms with Crippen molar-refractivity contribution in [3.05, 3.63) is 64.2 Å². The van der Waals surface area contributed by atoms with E-state index in [2.05, 4.69) is 44.7 Å². The maximum absolute atomic E-state index is 13.2. The number of thiazole rings is 1. The van der Waals surface area contributed by atoms with Crippen LogP contribution in [0.4, 0.5) is 0 Å². The van der Waals surface area contributed by atoms with Gasteiger partial charge in [-0.2, -0.15) is 0 Å². The highest BCUT2D eigenvalue weighted by Crippen LogP contribution is 2.40. The topological polar surface area (TPSA) is 82.1 Å². The average Bonchev–Trinajstić information content (AvgIpc) is 3.31. The van der Waals surface area contributed by atoms with E-state index in [-0.39, 0.29) is 12.3 Å². The molecule has 0 saturated heterocycles. The number of hydrogen-bond acceptors (Lipinski definition) is 5. The van der Waals surface area contributed by atoms with Crippen LogP contribution in [0.5, 0.6) is 0 Å². The SMILES string of the molecule is C[N+](C)(C)CCCc1ccc2sc(CNC(=O)C3(CC(=O)[O-])Cc4ccccc4C3)nc2c1. The molecule has 0 fully saturated rings. The fourth-order valence-electron chi connectivity index (χ4n) is 4.69. The fraction of sp³-hybridized carbons (Fsp3) is 0.423. The van der Waals surface area contributed by atoms with Crippen molar-refractivity contribution in [2.24, 2.45) is 5.41 Å². The van der Waals surface area contributed by atoms with Gasteiger partial charge in [0.05, 0.1) is 49.9 Å². The van der Waals surface area contributed by atoms with Gasteiger partial charge in [-0.1, -0.05) is 30.3 Å². The number of carboxylic acid groups (broad SMARTS) is 1. The van der Waals surface area contributed by atoms with Crippen LogP contribution in [0.2, 0.25) is 0 Å². The molecule has 6 nitrogen and oxygen atoms in total. The minimum absolute atomic E-state index is 0.247. The Morgan fingerprint density at radius 3 is 2.45 bits per heavy atom. The molecule has 1 heterocycles. The van der Waals surface area contributed by atoms with E-state index in [0.29, 0.717) is 19.4 Å². The molecule has 33 heavy (non-hydrogen) atoms. The summed E-state index contributed by atoms with van der Waals surface area (Å²) in [4.78, 5) is 29.4. The molecule has 1 N–H and O–H groups in total. The van der Waals surface area contributed by atoms with Crippen LogP contribution in [0.3, 0.4) is 0 Å². The van der Waals surface area contributed by atoms with Gasteiger partial charge in [-0.25, -0.2) is 4.98 Å². The van der Waals surface area contributed by atoms with E-state index in [9.17, 15) is 14.7 Å². The number of aromatic nitrogens is 1. The summed E-state index contributed by atoms with van der Waals surface area (Å²) < 4.78 is 2.04. The molecular formula is C26H31N3O3S. The van der Waals surface area contributed by atoms with Crippen LogP contribution in [0.15, 0.2) is 42.5 Å². The number of nitrogens with zero attached hydrogens (tertiary/aromatic N) is 2. The van der Waals surface area contributed by atoms with Crippen LogP contribution in [-0.2, 0) is 35.4 Å². The van der Waals surface area contributed by atoms with Gasteiger partial charge >= 0.3 is 0 Å². The largest absolute Gasteiger partial charge is 0.550 e. The number of nitrogens with one attached hydrogen (secondary N) is 1. The van der Waals surface area contributed by atoms with E-state index >= 15 is 0 Å². The van der Waals surface area contributed by atoms with E-state index in [0.717, 1.165) is 50.2 Å². The van der Waals surface area contributed by atoms with Crippen molar-refractivity contribution in [1.82, 2.24) is 10.3 Å². The van der Waals surface area contributed by atoms with E-state index in [1.54, 1.807) is 11.3 Å². The zero-order valence-electron chi connectivity index (χ0n) is 19.5. The van der Waals surface area contributed by atoms with Crippen LogP contribution < -0.4 is 10.4 Å². The van der Waals surface area contributed by atoms with Crippen LogP contribution >= 0.6 is 11.3 Å². The maximum atomic E-state index is 13.2. The van der Waals surface area contributed by atoms with E-state index < -0.39 is 11.4 Å². The Labute approximate surface area is 198 Å². The van der Waals surface area contributed by atoms with Crippen LogP contribution in [0, 0.1) is 5.41 Å². The predicted molar refractivity (Wildman–Crippen MR) is 129 cm³/mol. The van der Waals surface area contributed by atoms with Crippen LogP contribution in [0.25, 0.3) is 10.2 Å². The molecular weight excluding hydrogens is 434 g/mol. The highest BCUT2D eigenvalue weighted by Gasteiger charge is 2.43. The second-order valence-corrected chi connectivity index (χ2v) is 11.3. The highest BCUT2D eigenvalue weighted by atomic mass is 32.1. The van der Waals surface area contributed by atoms with Crippen molar-refractivity contribution in [2.75, 3.05) is 27.7 Å². The molecule has 0 saturated carbocycles. The van der Waals surface area contributed by atoms with Crippen molar-refractivity contribution in [1.29, 1.82) is 0 Å². The summed E-state index contributed by atoms with van der Waals surface area (Å²) in [6.45, 7) is 1.41. The number of aliphatic carboxylic acids is 1. The molecule has 0 bridgehead atoms. The van der Waals surface area contributed by atoms with Crippen molar-refractivity contribution < 1.29 is 19.2 Å². The number of amides is 1. The number of fused-ring (bicyclic) bond motifs is 2. The summed E-state index contributed by atoms with van der Waals surface area (Å²) in [5.74, 6) is -1.45. The summed E-state index contributed by atoms with van der Waals surface area (Å²) in [5, 5.41) is 15.3. The Kier molecular flexibility index (Phi) is 6.54. The van der Waals surface area contributed by atoms with E-state index in [4.69, 9.17) is 4.98 Å². The Bertz CT molecular complexity index is 1150. The number of aryl methyl sites for hydroxylation is 1. The van der Waals surface area contributed by atoms with Crippen LogP contribution in [0.1, 0.15) is 34.5 Å². The molecule has 0 unspecified atom stereocenters. The number of quaternary nitrogens is 1. The third-order valence-corrected chi connectivity index (χ3v) is 7.37. The highest BCUT2D eigenvalue weighted by molar-refractivity contribution is 7.18. The van der Waals surface area contributed by atoms with Gasteiger partial charge in [-0.3, -0.25) is 4.79 Å². The Balaban J connectivity index is 1.42. The van der Waals surface area contributed by atoms with Gasteiger partial charge in [0.2, 0.25) is 5.91 Å². The van der Waals surface area contributed by atoms with Crippen molar-refractivity contribution >= 4 is 33.4 Å². The number of carboxylic acids is 1. The number of carbonyl (C=O) groups excluding carboxylic acids is 2. The number of carbonyl (C=O) groups is 2. The minimum Gasteiger partial charge on any atom is -0.550 e. The quantitative estimate of drug-likeness (QED) is 0.492. The molecule has 0 atom stereocenters. The molecule has 1 aromatic heterocycles. The first-order valence-electron chi connectivity index (χ1n) is 11.4. The molecule has 174 valence electrons. The molecule has 7 heteroatoms. The second kappa shape index (κ2) is 9.23. The van der Waals surface area contributed by atoms with Crippen molar-refractivity contribution in [3.8, 4) is 0 Å². The first-order valence-corrected chi connectivity index (χ1v) is 12.2. The normalized spacial score (nSPS) is 14.9. The molecule has 1 amide bonds. The lowest BCUT2D eigenvalue weighted by Gasteiger charge is -2.28. The van der Waals surface area contributed by atoms with Gasteiger partial charge < -0.3 is 19.7 Å². The molecule has 0 radical (unpaired) electrons. The van der Waals surface area contributed by atoms with Gasteiger partial charge in [0.1, 0.15) is 5.01 Å². The molecule has 3 aromatic rings. The molecule has 0 spiro atoms. The number of benzene rings is 2. The Morgan fingerprint density at radius 2 is 1.82 bits per heavy atom. The van der Waals surface area contributed by atoms with E-state index in [1.165, 1.54) is 5.56 Å². The fourth-order valence-corrected chi connectivity index (χ4v) is 5.58. The Hall–Kier alpha value is -2.77. The van der Waals surface area contributed by atoms with Crippen LogP contribution in [-0.4, -0.2) is 49.0 Å². The summed E-state index contributed by atoms with van der Waals surface area (Å²) in [7, 11) is 6.60. The third-order valence-electron chi connectivity index (χ3n) is 6.33. The first-order chi connectivity index (χ1) is 15.6. The third kappa shape index (κ3) is 5.60. The van der Waals surface area contributed by atoms with E-state index in [1.807, 2.05) is 24.3 Å². The smallest absolute Gasteiger partial charge is 0.227 e. The van der Waals surface area contributed by atoms with Gasteiger partial charge in [-0.15, -0.1) is 11.3 Å². The summed E-state index contributed by atoms with van der Waals surface area (Å²) in [6.07, 6.45) is 2.68. The molecule has 1 aliphatic carbocycles. The molecule has 1 aliphatic rings. The Morgan fingerprint density at radius 1 is 1.12 bits per heavy atom. The zero-order chi connectivity index (χ0) is 23.6.